The molecular formula is C15H15BrFNO. The van der Waals surface area contributed by atoms with Crippen molar-refractivity contribution in [2.45, 2.75) is 12.6 Å². The number of rotatable bonds is 5. The van der Waals surface area contributed by atoms with Crippen LogP contribution in [0.2, 0.25) is 0 Å². The van der Waals surface area contributed by atoms with Gasteiger partial charge in [0.15, 0.2) is 0 Å². The van der Waals surface area contributed by atoms with Gasteiger partial charge in [-0.3, -0.25) is 0 Å². The molecule has 0 aromatic heterocycles. The van der Waals surface area contributed by atoms with E-state index in [-0.39, 0.29) is 18.5 Å². The molecule has 0 saturated heterocycles. The molecule has 2 aromatic carbocycles. The largest absolute Gasteiger partial charge is 0.394 e. The van der Waals surface area contributed by atoms with Gasteiger partial charge in [-0.05, 0) is 29.3 Å². The fourth-order valence-electron chi connectivity index (χ4n) is 1.93. The van der Waals surface area contributed by atoms with Gasteiger partial charge in [-0.15, -0.1) is 0 Å². The molecule has 0 spiro atoms. The van der Waals surface area contributed by atoms with Crippen LogP contribution in [0.1, 0.15) is 17.2 Å². The monoisotopic (exact) mass is 323 g/mol. The summed E-state index contributed by atoms with van der Waals surface area (Å²) in [6, 6.07) is 14.3. The first-order chi connectivity index (χ1) is 9.19. The van der Waals surface area contributed by atoms with E-state index in [0.29, 0.717) is 11.0 Å². The molecule has 0 bridgehead atoms. The first-order valence-corrected chi connectivity index (χ1v) is 6.82. The Morgan fingerprint density at radius 1 is 1.16 bits per heavy atom. The van der Waals surface area contributed by atoms with Gasteiger partial charge >= 0.3 is 0 Å². The molecule has 2 nitrogen and oxygen atoms in total. The summed E-state index contributed by atoms with van der Waals surface area (Å²) in [4.78, 5) is 0. The van der Waals surface area contributed by atoms with Crippen molar-refractivity contribution in [3.8, 4) is 0 Å². The van der Waals surface area contributed by atoms with Crippen molar-refractivity contribution in [3.63, 3.8) is 0 Å². The summed E-state index contributed by atoms with van der Waals surface area (Å²) in [6.07, 6.45) is 0. The van der Waals surface area contributed by atoms with Gasteiger partial charge in [-0.25, -0.2) is 4.39 Å². The molecule has 0 heterocycles. The van der Waals surface area contributed by atoms with Crippen molar-refractivity contribution in [1.82, 2.24) is 5.32 Å². The lowest BCUT2D eigenvalue weighted by atomic mass is 10.1. The van der Waals surface area contributed by atoms with E-state index in [1.165, 1.54) is 12.1 Å². The molecule has 2 aromatic rings. The van der Waals surface area contributed by atoms with Crippen LogP contribution in [0.5, 0.6) is 0 Å². The van der Waals surface area contributed by atoms with Crippen LogP contribution in [0.4, 0.5) is 4.39 Å². The topological polar surface area (TPSA) is 32.3 Å². The number of hydrogen-bond donors (Lipinski definition) is 2. The van der Waals surface area contributed by atoms with Gasteiger partial charge in [0.2, 0.25) is 0 Å². The maximum absolute atomic E-state index is 13.3. The van der Waals surface area contributed by atoms with E-state index >= 15 is 0 Å². The van der Waals surface area contributed by atoms with Gasteiger partial charge in [-0.1, -0.05) is 46.3 Å². The van der Waals surface area contributed by atoms with Crippen LogP contribution < -0.4 is 5.32 Å². The standard InChI is InChI=1S/C15H15BrFNO/c16-13-6-11(7-14(17)8-13)9-18-15(10-19)12-4-2-1-3-5-12/h1-8,15,18-19H,9-10H2. The van der Waals surface area contributed by atoms with E-state index in [4.69, 9.17) is 0 Å². The van der Waals surface area contributed by atoms with E-state index in [9.17, 15) is 9.50 Å². The number of hydrogen-bond acceptors (Lipinski definition) is 2. The summed E-state index contributed by atoms with van der Waals surface area (Å²) in [5, 5.41) is 12.6. The molecule has 1 unspecified atom stereocenters. The Morgan fingerprint density at radius 3 is 2.53 bits per heavy atom. The second-order valence-corrected chi connectivity index (χ2v) is 5.22. The maximum Gasteiger partial charge on any atom is 0.124 e. The second-order valence-electron chi connectivity index (χ2n) is 4.30. The molecule has 0 saturated carbocycles. The molecular weight excluding hydrogens is 309 g/mol. The van der Waals surface area contributed by atoms with E-state index in [1.807, 2.05) is 36.4 Å². The molecule has 2 N–H and O–H groups in total. The third kappa shape index (κ3) is 4.13. The summed E-state index contributed by atoms with van der Waals surface area (Å²) in [5.41, 5.74) is 1.85. The molecule has 19 heavy (non-hydrogen) atoms. The molecule has 0 fully saturated rings. The highest BCUT2D eigenvalue weighted by Gasteiger charge is 2.09. The smallest absolute Gasteiger partial charge is 0.124 e. The van der Waals surface area contributed by atoms with Gasteiger partial charge in [0, 0.05) is 11.0 Å². The molecule has 0 aliphatic heterocycles. The third-order valence-electron chi connectivity index (χ3n) is 2.86. The van der Waals surface area contributed by atoms with Crippen LogP contribution in [0.25, 0.3) is 0 Å². The van der Waals surface area contributed by atoms with Gasteiger partial charge in [0.25, 0.3) is 0 Å². The summed E-state index contributed by atoms with van der Waals surface area (Å²) in [5.74, 6) is -0.272. The van der Waals surface area contributed by atoms with Crippen molar-refractivity contribution < 1.29 is 9.50 Å². The minimum atomic E-state index is -0.272. The first kappa shape index (κ1) is 14.2. The fourth-order valence-corrected chi connectivity index (χ4v) is 2.44. The Labute approximate surface area is 120 Å². The highest BCUT2D eigenvalue weighted by Crippen LogP contribution is 2.17. The number of halogens is 2. The van der Waals surface area contributed by atoms with Crippen molar-refractivity contribution in [2.75, 3.05) is 6.61 Å². The van der Waals surface area contributed by atoms with Gasteiger partial charge < -0.3 is 10.4 Å². The second kappa shape index (κ2) is 6.80. The average molecular weight is 324 g/mol. The van der Waals surface area contributed by atoms with E-state index in [2.05, 4.69) is 21.2 Å². The van der Waals surface area contributed by atoms with Gasteiger partial charge in [-0.2, -0.15) is 0 Å². The van der Waals surface area contributed by atoms with Gasteiger partial charge in [0.1, 0.15) is 5.82 Å². The van der Waals surface area contributed by atoms with E-state index in [1.54, 1.807) is 0 Å². The Hall–Kier alpha value is -1.23. The molecule has 1 atom stereocenters. The predicted octanol–water partition coefficient (Wildman–Crippen LogP) is 3.41. The SMILES string of the molecule is OCC(NCc1cc(F)cc(Br)c1)c1ccccc1. The van der Waals surface area contributed by atoms with Crippen LogP contribution in [0.15, 0.2) is 53.0 Å². The predicted molar refractivity (Wildman–Crippen MR) is 77.2 cm³/mol. The molecule has 0 aliphatic rings. The normalized spacial score (nSPS) is 12.4. The average Bonchev–Trinajstić information content (AvgIpc) is 2.39. The minimum absolute atomic E-state index is 0.000495. The Kier molecular flexibility index (Phi) is 5.07. The van der Waals surface area contributed by atoms with Crippen LogP contribution in [-0.4, -0.2) is 11.7 Å². The molecule has 2 rings (SSSR count). The number of nitrogens with one attached hydrogen (secondary N) is 1. The quantitative estimate of drug-likeness (QED) is 0.883. The van der Waals surface area contributed by atoms with Crippen molar-refractivity contribution >= 4 is 15.9 Å². The summed E-state index contributed by atoms with van der Waals surface area (Å²) < 4.78 is 14.0. The minimum Gasteiger partial charge on any atom is -0.394 e. The number of benzene rings is 2. The number of aliphatic hydroxyl groups excluding tert-OH is 1. The summed E-state index contributed by atoms with van der Waals surface area (Å²) in [6.45, 7) is 0.497. The van der Waals surface area contributed by atoms with Crippen LogP contribution in [0, 0.1) is 5.82 Å². The van der Waals surface area contributed by atoms with Crippen molar-refractivity contribution in [1.29, 1.82) is 0 Å². The molecule has 4 heteroatoms. The zero-order valence-electron chi connectivity index (χ0n) is 10.3. The lowest BCUT2D eigenvalue weighted by Crippen LogP contribution is -2.24. The molecule has 0 radical (unpaired) electrons. The Morgan fingerprint density at radius 2 is 1.89 bits per heavy atom. The number of aliphatic hydroxyl groups is 1. The molecule has 0 amide bonds. The third-order valence-corrected chi connectivity index (χ3v) is 3.32. The van der Waals surface area contributed by atoms with Crippen LogP contribution >= 0.6 is 15.9 Å². The highest BCUT2D eigenvalue weighted by molar-refractivity contribution is 9.10. The van der Waals surface area contributed by atoms with Crippen LogP contribution in [-0.2, 0) is 6.54 Å². The lowest BCUT2D eigenvalue weighted by Gasteiger charge is -2.17. The molecule has 100 valence electrons. The van der Waals surface area contributed by atoms with E-state index < -0.39 is 0 Å². The lowest BCUT2D eigenvalue weighted by molar-refractivity contribution is 0.243. The van der Waals surface area contributed by atoms with Gasteiger partial charge in [0.05, 0.1) is 12.6 Å². The van der Waals surface area contributed by atoms with Crippen molar-refractivity contribution in [3.05, 3.63) is 69.9 Å². The highest BCUT2D eigenvalue weighted by atomic mass is 79.9. The molecule has 0 aliphatic carbocycles. The van der Waals surface area contributed by atoms with Crippen molar-refractivity contribution in [2.24, 2.45) is 0 Å². The Balaban J connectivity index is 2.04. The summed E-state index contributed by atoms with van der Waals surface area (Å²) in [7, 11) is 0. The first-order valence-electron chi connectivity index (χ1n) is 6.03. The fraction of sp³-hybridized carbons (Fsp3) is 0.200. The zero-order chi connectivity index (χ0) is 13.7. The van der Waals surface area contributed by atoms with Crippen LogP contribution in [0.3, 0.4) is 0 Å². The maximum atomic E-state index is 13.3. The Bertz CT molecular complexity index is 513. The zero-order valence-corrected chi connectivity index (χ0v) is 11.9. The summed E-state index contributed by atoms with van der Waals surface area (Å²) >= 11 is 3.26. The van der Waals surface area contributed by atoms with E-state index in [0.717, 1.165) is 11.1 Å².